The number of hydrogen-bond donors (Lipinski definition) is 1. The number of nitrogens with one attached hydrogen (secondary N) is 1. The van der Waals surface area contributed by atoms with Gasteiger partial charge in [0.2, 0.25) is 5.91 Å². The molecule has 1 N–H and O–H groups in total. The van der Waals surface area contributed by atoms with Gasteiger partial charge in [-0.2, -0.15) is 0 Å². The monoisotopic (exact) mass is 225 g/mol. The Labute approximate surface area is 85.6 Å². The summed E-state index contributed by atoms with van der Waals surface area (Å²) in [5, 5.41) is 2.20. The van der Waals surface area contributed by atoms with Crippen molar-refractivity contribution in [1.82, 2.24) is 5.32 Å². The van der Waals surface area contributed by atoms with Crippen molar-refractivity contribution in [3.05, 3.63) is 0 Å². The summed E-state index contributed by atoms with van der Waals surface area (Å²) in [6.45, 7) is 0. The molecular formula is C7H9Cl2NO3. The summed E-state index contributed by atoms with van der Waals surface area (Å²) < 4.78 is 0. The van der Waals surface area contributed by atoms with Crippen LogP contribution in [0.1, 0.15) is 0 Å². The number of halogens is 2. The van der Waals surface area contributed by atoms with E-state index >= 15 is 0 Å². The van der Waals surface area contributed by atoms with Crippen LogP contribution < -0.4 is 5.32 Å². The number of alkyl halides is 2. The first-order chi connectivity index (χ1) is 6.08. The standard InChI is InChI=1S/C7H9Cl2NO3/c1-10-7(13)6(4(11)2-8)5(12)3-9/h6H,2-3H2,1H3,(H,10,13). The molecular weight excluding hydrogens is 217 g/mol. The summed E-state index contributed by atoms with van der Waals surface area (Å²) in [6.07, 6.45) is 0. The summed E-state index contributed by atoms with van der Waals surface area (Å²) in [5.74, 6) is -4.05. The Morgan fingerprint density at radius 1 is 1.15 bits per heavy atom. The fourth-order valence-electron chi connectivity index (χ4n) is 0.771. The van der Waals surface area contributed by atoms with Gasteiger partial charge in [0.15, 0.2) is 17.5 Å². The zero-order chi connectivity index (χ0) is 10.4. The molecule has 0 rings (SSSR count). The first-order valence-electron chi connectivity index (χ1n) is 3.47. The lowest BCUT2D eigenvalue weighted by Gasteiger charge is -2.09. The van der Waals surface area contributed by atoms with Crippen molar-refractivity contribution >= 4 is 40.7 Å². The second-order valence-electron chi connectivity index (χ2n) is 2.25. The number of hydrogen-bond acceptors (Lipinski definition) is 3. The van der Waals surface area contributed by atoms with E-state index in [1.165, 1.54) is 7.05 Å². The van der Waals surface area contributed by atoms with Gasteiger partial charge in [0.1, 0.15) is 0 Å². The van der Waals surface area contributed by atoms with E-state index in [0.717, 1.165) is 0 Å². The summed E-state index contributed by atoms with van der Waals surface area (Å²) in [4.78, 5) is 33.1. The number of carbonyl (C=O) groups is 3. The molecule has 0 aromatic heterocycles. The van der Waals surface area contributed by atoms with Crippen molar-refractivity contribution in [2.75, 3.05) is 18.8 Å². The molecule has 4 nitrogen and oxygen atoms in total. The Hall–Kier alpha value is -0.610. The zero-order valence-corrected chi connectivity index (χ0v) is 8.48. The third-order valence-corrected chi connectivity index (χ3v) is 1.94. The Balaban J connectivity index is 4.64. The predicted molar refractivity (Wildman–Crippen MR) is 49.0 cm³/mol. The molecule has 13 heavy (non-hydrogen) atoms. The van der Waals surface area contributed by atoms with Crippen molar-refractivity contribution in [1.29, 1.82) is 0 Å². The van der Waals surface area contributed by atoms with Crippen LogP contribution in [0.2, 0.25) is 0 Å². The van der Waals surface area contributed by atoms with Gasteiger partial charge in [-0.05, 0) is 0 Å². The molecule has 1 amide bonds. The average Bonchev–Trinajstić information content (AvgIpc) is 2.16. The molecule has 0 fully saturated rings. The highest BCUT2D eigenvalue weighted by Crippen LogP contribution is 2.04. The molecule has 0 aromatic rings. The third-order valence-electron chi connectivity index (χ3n) is 1.42. The van der Waals surface area contributed by atoms with Crippen molar-refractivity contribution in [3.63, 3.8) is 0 Å². The summed E-state index contributed by atoms with van der Waals surface area (Å²) >= 11 is 10.4. The Kier molecular flexibility index (Phi) is 5.66. The molecule has 0 aromatic carbocycles. The van der Waals surface area contributed by atoms with Gasteiger partial charge in [-0.25, -0.2) is 0 Å². The third kappa shape index (κ3) is 3.32. The quantitative estimate of drug-likeness (QED) is 0.528. The predicted octanol–water partition coefficient (Wildman–Crippen LogP) is -0.0356. The summed E-state index contributed by atoms with van der Waals surface area (Å²) in [5.41, 5.74) is 0. The van der Waals surface area contributed by atoms with Crippen LogP contribution in [0, 0.1) is 5.92 Å². The van der Waals surface area contributed by atoms with E-state index in [1.54, 1.807) is 0 Å². The minimum absolute atomic E-state index is 0.374. The van der Waals surface area contributed by atoms with Crippen molar-refractivity contribution < 1.29 is 14.4 Å². The second-order valence-corrected chi connectivity index (χ2v) is 2.78. The molecule has 0 radical (unpaired) electrons. The fraction of sp³-hybridized carbons (Fsp3) is 0.571. The van der Waals surface area contributed by atoms with Gasteiger partial charge in [-0.3, -0.25) is 14.4 Å². The van der Waals surface area contributed by atoms with E-state index < -0.39 is 23.4 Å². The number of ketones is 2. The van der Waals surface area contributed by atoms with Crippen LogP contribution in [0.15, 0.2) is 0 Å². The van der Waals surface area contributed by atoms with Crippen LogP contribution in [-0.4, -0.2) is 36.3 Å². The minimum atomic E-state index is -1.36. The molecule has 0 atom stereocenters. The van der Waals surface area contributed by atoms with Gasteiger partial charge in [0, 0.05) is 7.05 Å². The van der Waals surface area contributed by atoms with E-state index in [-0.39, 0.29) is 11.8 Å². The maximum absolute atomic E-state index is 11.0. The van der Waals surface area contributed by atoms with Crippen LogP contribution in [0.5, 0.6) is 0 Å². The molecule has 0 unspecified atom stereocenters. The normalized spacial score (nSPS) is 9.85. The number of rotatable bonds is 5. The van der Waals surface area contributed by atoms with Crippen LogP contribution in [0.4, 0.5) is 0 Å². The van der Waals surface area contributed by atoms with E-state index in [9.17, 15) is 14.4 Å². The average molecular weight is 226 g/mol. The summed E-state index contributed by atoms with van der Waals surface area (Å²) in [6, 6.07) is 0. The highest BCUT2D eigenvalue weighted by Gasteiger charge is 2.31. The fourth-order valence-corrected chi connectivity index (χ4v) is 1.08. The first kappa shape index (κ1) is 12.4. The molecule has 0 spiro atoms. The van der Waals surface area contributed by atoms with Crippen molar-refractivity contribution in [2.24, 2.45) is 5.92 Å². The van der Waals surface area contributed by atoms with E-state index in [4.69, 9.17) is 23.2 Å². The number of amides is 1. The van der Waals surface area contributed by atoms with E-state index in [0.29, 0.717) is 0 Å². The van der Waals surface area contributed by atoms with Crippen LogP contribution in [0.3, 0.4) is 0 Å². The van der Waals surface area contributed by atoms with Gasteiger partial charge >= 0.3 is 0 Å². The highest BCUT2D eigenvalue weighted by molar-refractivity contribution is 6.37. The molecule has 0 aliphatic heterocycles. The SMILES string of the molecule is CNC(=O)C(C(=O)CCl)C(=O)CCl. The van der Waals surface area contributed by atoms with Gasteiger partial charge in [-0.1, -0.05) is 0 Å². The Morgan fingerprint density at radius 2 is 1.54 bits per heavy atom. The first-order valence-corrected chi connectivity index (χ1v) is 4.54. The molecule has 0 bridgehead atoms. The van der Waals surface area contributed by atoms with Crippen LogP contribution in [0.25, 0.3) is 0 Å². The molecule has 0 saturated carbocycles. The molecule has 0 heterocycles. The molecule has 0 aliphatic rings. The lowest BCUT2D eigenvalue weighted by atomic mass is 10.00. The number of carbonyl (C=O) groups excluding carboxylic acids is 3. The Bertz CT molecular complexity index is 192. The van der Waals surface area contributed by atoms with Crippen molar-refractivity contribution in [2.45, 2.75) is 0 Å². The van der Waals surface area contributed by atoms with Gasteiger partial charge in [0.05, 0.1) is 11.8 Å². The maximum atomic E-state index is 11.0. The van der Waals surface area contributed by atoms with Gasteiger partial charge in [0.25, 0.3) is 0 Å². The van der Waals surface area contributed by atoms with Gasteiger partial charge in [-0.15, -0.1) is 23.2 Å². The minimum Gasteiger partial charge on any atom is -0.358 e. The van der Waals surface area contributed by atoms with E-state index in [1.807, 2.05) is 0 Å². The van der Waals surface area contributed by atoms with E-state index in [2.05, 4.69) is 5.32 Å². The molecule has 74 valence electrons. The molecule has 0 aliphatic carbocycles. The van der Waals surface area contributed by atoms with Crippen molar-refractivity contribution in [3.8, 4) is 0 Å². The Morgan fingerprint density at radius 3 is 1.77 bits per heavy atom. The zero-order valence-electron chi connectivity index (χ0n) is 6.97. The number of Topliss-reactive ketones (excluding diaryl/α,β-unsaturated/α-hetero) is 2. The lowest BCUT2D eigenvalue weighted by Crippen LogP contribution is -2.39. The summed E-state index contributed by atoms with van der Waals surface area (Å²) in [7, 11) is 1.33. The molecule has 6 heteroatoms. The second kappa shape index (κ2) is 5.94. The van der Waals surface area contributed by atoms with Crippen LogP contribution >= 0.6 is 23.2 Å². The topological polar surface area (TPSA) is 63.2 Å². The van der Waals surface area contributed by atoms with Gasteiger partial charge < -0.3 is 5.32 Å². The molecule has 0 saturated heterocycles. The highest BCUT2D eigenvalue weighted by atomic mass is 35.5. The maximum Gasteiger partial charge on any atom is 0.237 e. The van der Waals surface area contributed by atoms with Crippen LogP contribution in [-0.2, 0) is 14.4 Å². The smallest absolute Gasteiger partial charge is 0.237 e. The lowest BCUT2D eigenvalue weighted by molar-refractivity contribution is -0.138. The largest absolute Gasteiger partial charge is 0.358 e.